The topological polar surface area (TPSA) is 57.7 Å². The number of aryl methyl sites for hydroxylation is 1. The maximum atomic E-state index is 12.7. The molecule has 2 rings (SSSR count). The zero-order valence-electron chi connectivity index (χ0n) is 13.7. The van der Waals surface area contributed by atoms with Crippen molar-refractivity contribution in [2.45, 2.75) is 24.7 Å². The van der Waals surface area contributed by atoms with E-state index in [4.69, 9.17) is 0 Å². The summed E-state index contributed by atoms with van der Waals surface area (Å²) in [6.07, 6.45) is 3.17. The molecule has 23 heavy (non-hydrogen) atoms. The second-order valence-electron chi connectivity index (χ2n) is 5.69. The molecule has 5 nitrogen and oxygen atoms in total. The van der Waals surface area contributed by atoms with E-state index in [1.165, 1.54) is 4.31 Å². The monoisotopic (exact) mass is 356 g/mol. The van der Waals surface area contributed by atoms with Crippen molar-refractivity contribution < 1.29 is 13.2 Å². The predicted octanol–water partition coefficient (Wildman–Crippen LogP) is 1.97. The first-order valence-corrected chi connectivity index (χ1v) is 10.6. The fourth-order valence-corrected chi connectivity index (χ4v) is 4.44. The average molecular weight is 357 g/mol. The summed E-state index contributed by atoms with van der Waals surface area (Å²) >= 11 is 1.65. The van der Waals surface area contributed by atoms with Crippen LogP contribution in [0.15, 0.2) is 29.2 Å². The van der Waals surface area contributed by atoms with Gasteiger partial charge in [0.2, 0.25) is 15.9 Å². The molecule has 0 spiro atoms. The van der Waals surface area contributed by atoms with Crippen molar-refractivity contribution in [2.75, 3.05) is 38.2 Å². The van der Waals surface area contributed by atoms with Gasteiger partial charge in [-0.15, -0.1) is 0 Å². The SMILES string of the molecule is CSCCC(=O)N1CCCN(S(=O)(=O)c2ccc(C)cc2)CC1. The molecule has 1 heterocycles. The number of rotatable bonds is 5. The van der Waals surface area contributed by atoms with Crippen LogP contribution in [0.5, 0.6) is 0 Å². The quantitative estimate of drug-likeness (QED) is 0.809. The molecule has 1 saturated heterocycles. The van der Waals surface area contributed by atoms with Crippen LogP contribution in [0.4, 0.5) is 0 Å². The smallest absolute Gasteiger partial charge is 0.243 e. The van der Waals surface area contributed by atoms with Crippen LogP contribution >= 0.6 is 11.8 Å². The molecular weight excluding hydrogens is 332 g/mol. The molecule has 1 aliphatic heterocycles. The normalized spacial score (nSPS) is 17.0. The fourth-order valence-electron chi connectivity index (χ4n) is 2.59. The van der Waals surface area contributed by atoms with E-state index in [0.29, 0.717) is 43.9 Å². The zero-order chi connectivity index (χ0) is 16.9. The number of thioether (sulfide) groups is 1. The van der Waals surface area contributed by atoms with Crippen LogP contribution in [0.1, 0.15) is 18.4 Å². The van der Waals surface area contributed by atoms with Gasteiger partial charge in [-0.1, -0.05) is 17.7 Å². The van der Waals surface area contributed by atoms with Gasteiger partial charge in [-0.25, -0.2) is 8.42 Å². The van der Waals surface area contributed by atoms with Gasteiger partial charge in [0.25, 0.3) is 0 Å². The lowest BCUT2D eigenvalue weighted by atomic mass is 10.2. The average Bonchev–Trinajstić information content (AvgIpc) is 2.79. The summed E-state index contributed by atoms with van der Waals surface area (Å²) in [6.45, 7) is 3.86. The van der Waals surface area contributed by atoms with Crippen LogP contribution in [0.25, 0.3) is 0 Å². The van der Waals surface area contributed by atoms with E-state index >= 15 is 0 Å². The number of carbonyl (C=O) groups is 1. The molecule has 0 radical (unpaired) electrons. The number of nitrogens with zero attached hydrogens (tertiary/aromatic N) is 2. The number of sulfonamides is 1. The predicted molar refractivity (Wildman–Crippen MR) is 94.1 cm³/mol. The summed E-state index contributed by atoms with van der Waals surface area (Å²) in [4.78, 5) is 14.2. The summed E-state index contributed by atoms with van der Waals surface area (Å²) in [5.41, 5.74) is 1.03. The Bertz CT molecular complexity index is 629. The van der Waals surface area contributed by atoms with Gasteiger partial charge in [0.05, 0.1) is 4.90 Å². The minimum absolute atomic E-state index is 0.119. The summed E-state index contributed by atoms with van der Waals surface area (Å²) in [5.74, 6) is 0.926. The van der Waals surface area contributed by atoms with Crippen LogP contribution in [-0.4, -0.2) is 61.7 Å². The Hall–Kier alpha value is -1.05. The van der Waals surface area contributed by atoms with Crippen molar-refractivity contribution >= 4 is 27.7 Å². The molecule has 0 bridgehead atoms. The second kappa shape index (κ2) is 8.17. The molecule has 1 amide bonds. The Morgan fingerprint density at radius 1 is 1.13 bits per heavy atom. The van der Waals surface area contributed by atoms with Gasteiger partial charge in [-0.05, 0) is 31.7 Å². The maximum absolute atomic E-state index is 12.7. The lowest BCUT2D eigenvalue weighted by Crippen LogP contribution is -2.37. The van der Waals surface area contributed by atoms with Gasteiger partial charge < -0.3 is 4.90 Å². The van der Waals surface area contributed by atoms with Crippen molar-refractivity contribution in [1.29, 1.82) is 0 Å². The highest BCUT2D eigenvalue weighted by molar-refractivity contribution is 7.98. The van der Waals surface area contributed by atoms with Crippen LogP contribution in [0.2, 0.25) is 0 Å². The van der Waals surface area contributed by atoms with Gasteiger partial charge in [-0.2, -0.15) is 16.1 Å². The summed E-state index contributed by atoms with van der Waals surface area (Å²) in [6, 6.07) is 6.92. The fraction of sp³-hybridized carbons (Fsp3) is 0.562. The Labute approximate surface area is 143 Å². The van der Waals surface area contributed by atoms with Gasteiger partial charge in [0.15, 0.2) is 0 Å². The van der Waals surface area contributed by atoms with Crippen molar-refractivity contribution in [3.63, 3.8) is 0 Å². The van der Waals surface area contributed by atoms with Crippen molar-refractivity contribution in [3.8, 4) is 0 Å². The summed E-state index contributed by atoms with van der Waals surface area (Å²) in [5, 5.41) is 0. The Balaban J connectivity index is 2.04. The molecule has 0 atom stereocenters. The first-order valence-electron chi connectivity index (χ1n) is 7.78. The highest BCUT2D eigenvalue weighted by Crippen LogP contribution is 2.18. The first kappa shape index (κ1) is 18.3. The van der Waals surface area contributed by atoms with Crippen LogP contribution in [0.3, 0.4) is 0 Å². The number of amides is 1. The van der Waals surface area contributed by atoms with E-state index in [0.717, 1.165) is 11.3 Å². The number of hydrogen-bond acceptors (Lipinski definition) is 4. The zero-order valence-corrected chi connectivity index (χ0v) is 15.3. The Morgan fingerprint density at radius 3 is 2.48 bits per heavy atom. The lowest BCUT2D eigenvalue weighted by Gasteiger charge is -2.22. The van der Waals surface area contributed by atoms with E-state index in [1.807, 2.05) is 25.3 Å². The van der Waals surface area contributed by atoms with Crippen LogP contribution in [-0.2, 0) is 14.8 Å². The van der Waals surface area contributed by atoms with Gasteiger partial charge in [0, 0.05) is 38.4 Å². The van der Waals surface area contributed by atoms with Crippen molar-refractivity contribution in [2.24, 2.45) is 0 Å². The molecular formula is C16H24N2O3S2. The van der Waals surface area contributed by atoms with Gasteiger partial charge >= 0.3 is 0 Å². The van der Waals surface area contributed by atoms with Crippen LogP contribution in [0, 0.1) is 6.92 Å². The van der Waals surface area contributed by atoms with Crippen molar-refractivity contribution in [3.05, 3.63) is 29.8 Å². The molecule has 1 aromatic carbocycles. The van der Waals surface area contributed by atoms with E-state index in [1.54, 1.807) is 28.8 Å². The minimum Gasteiger partial charge on any atom is -0.341 e. The Morgan fingerprint density at radius 2 is 1.83 bits per heavy atom. The third-order valence-electron chi connectivity index (χ3n) is 3.99. The molecule has 0 aliphatic carbocycles. The van der Waals surface area contributed by atoms with Gasteiger partial charge in [0.1, 0.15) is 0 Å². The highest BCUT2D eigenvalue weighted by atomic mass is 32.2. The molecule has 1 aromatic rings. The minimum atomic E-state index is -3.48. The van der Waals surface area contributed by atoms with Crippen LogP contribution < -0.4 is 0 Å². The first-order chi connectivity index (χ1) is 10.9. The Kier molecular flexibility index (Phi) is 6.50. The third-order valence-corrected chi connectivity index (χ3v) is 6.51. The summed E-state index contributed by atoms with van der Waals surface area (Å²) in [7, 11) is -3.48. The van der Waals surface area contributed by atoms with Crippen molar-refractivity contribution in [1.82, 2.24) is 9.21 Å². The molecule has 1 fully saturated rings. The van der Waals surface area contributed by atoms with E-state index in [9.17, 15) is 13.2 Å². The standard InChI is InChI=1S/C16H24N2O3S2/c1-14-4-6-15(7-5-14)23(20,21)18-10-3-9-17(11-12-18)16(19)8-13-22-2/h4-7H,3,8-13H2,1-2H3. The molecule has 7 heteroatoms. The number of hydrogen-bond donors (Lipinski definition) is 0. The molecule has 0 N–H and O–H groups in total. The largest absolute Gasteiger partial charge is 0.341 e. The van der Waals surface area contributed by atoms with E-state index in [-0.39, 0.29) is 5.91 Å². The van der Waals surface area contributed by atoms with Gasteiger partial charge in [-0.3, -0.25) is 4.79 Å². The molecule has 128 valence electrons. The molecule has 1 aliphatic rings. The molecule has 0 aromatic heterocycles. The maximum Gasteiger partial charge on any atom is 0.243 e. The molecule has 0 saturated carbocycles. The third kappa shape index (κ3) is 4.71. The summed E-state index contributed by atoms with van der Waals surface area (Å²) < 4.78 is 26.9. The van der Waals surface area contributed by atoms with E-state index < -0.39 is 10.0 Å². The highest BCUT2D eigenvalue weighted by Gasteiger charge is 2.27. The lowest BCUT2D eigenvalue weighted by molar-refractivity contribution is -0.130. The second-order valence-corrected chi connectivity index (χ2v) is 8.62. The molecule has 0 unspecified atom stereocenters. The number of benzene rings is 1. The van der Waals surface area contributed by atoms with E-state index in [2.05, 4.69) is 0 Å². The number of carbonyl (C=O) groups excluding carboxylic acids is 1.